The molecule has 0 heterocycles. The molecule has 1 aromatic rings. The van der Waals surface area contributed by atoms with Crippen molar-refractivity contribution in [2.24, 2.45) is 0 Å². The van der Waals surface area contributed by atoms with Gasteiger partial charge in [-0.2, -0.15) is 0 Å². The summed E-state index contributed by atoms with van der Waals surface area (Å²) in [5.74, 6) is -1.46. The van der Waals surface area contributed by atoms with Gasteiger partial charge in [-0.1, -0.05) is 12.1 Å². The van der Waals surface area contributed by atoms with E-state index in [2.05, 4.69) is 0 Å². The van der Waals surface area contributed by atoms with Crippen LogP contribution in [-0.4, -0.2) is 5.11 Å². The summed E-state index contributed by atoms with van der Waals surface area (Å²) in [4.78, 5) is 0. The standard InChI is InChI=1S/C8H9FO/c1-6(10)7-2-4-8(9)5-3-7/h2-6,10H,1H3/i1D3,2D,3D,4D,5D,6D. The van der Waals surface area contributed by atoms with E-state index in [-0.39, 0.29) is 0 Å². The Hall–Kier alpha value is -0.890. The Balaban J connectivity index is 3.72. The minimum Gasteiger partial charge on any atom is -0.389 e. The van der Waals surface area contributed by atoms with Crippen molar-refractivity contribution >= 4 is 0 Å². The fourth-order valence-electron chi connectivity index (χ4n) is 0.416. The number of rotatable bonds is 1. The zero-order valence-corrected chi connectivity index (χ0v) is 4.83. The first kappa shape index (κ1) is 2.05. The molecule has 0 aliphatic carbocycles. The van der Waals surface area contributed by atoms with Crippen LogP contribution in [0.2, 0.25) is 0 Å². The van der Waals surface area contributed by atoms with Crippen LogP contribution in [0.1, 0.15) is 29.5 Å². The van der Waals surface area contributed by atoms with E-state index in [1.807, 2.05) is 0 Å². The normalized spacial score (nSPS) is 29.0. The zero-order valence-electron chi connectivity index (χ0n) is 12.8. The molecule has 0 aliphatic rings. The minimum atomic E-state index is -3.35. The van der Waals surface area contributed by atoms with Gasteiger partial charge in [-0.05, 0) is 24.5 Å². The molecule has 0 amide bonds. The molecule has 0 fully saturated rings. The van der Waals surface area contributed by atoms with Crippen LogP contribution in [0.15, 0.2) is 24.2 Å². The van der Waals surface area contributed by atoms with Crippen LogP contribution in [0.25, 0.3) is 0 Å². The molecule has 1 nitrogen and oxygen atoms in total. The fraction of sp³-hybridized carbons (Fsp3) is 0.250. The van der Waals surface area contributed by atoms with Crippen molar-refractivity contribution in [2.75, 3.05) is 0 Å². The van der Waals surface area contributed by atoms with Crippen LogP contribution in [0.3, 0.4) is 0 Å². The molecule has 0 saturated carbocycles. The topological polar surface area (TPSA) is 20.2 Å². The predicted molar refractivity (Wildman–Crippen MR) is 37.0 cm³/mol. The summed E-state index contributed by atoms with van der Waals surface area (Å²) in [6.45, 7) is -3.30. The number of halogens is 1. The van der Waals surface area contributed by atoms with Gasteiger partial charge in [0, 0.05) is 4.11 Å². The van der Waals surface area contributed by atoms with Gasteiger partial charge in [0.1, 0.15) is 5.82 Å². The van der Waals surface area contributed by atoms with Crippen molar-refractivity contribution in [3.63, 3.8) is 0 Å². The molecule has 1 N–H and O–H groups in total. The van der Waals surface area contributed by atoms with E-state index in [0.717, 1.165) is 0 Å². The lowest BCUT2D eigenvalue weighted by Gasteiger charge is -2.01. The molecule has 0 radical (unpaired) electrons. The summed E-state index contributed by atoms with van der Waals surface area (Å²) in [5, 5.41) is 9.60. The van der Waals surface area contributed by atoms with Crippen LogP contribution in [0.5, 0.6) is 0 Å². The van der Waals surface area contributed by atoms with Crippen LogP contribution in [0, 0.1) is 5.82 Å². The van der Waals surface area contributed by atoms with E-state index in [0.29, 0.717) is 0 Å². The molecule has 54 valence electrons. The maximum Gasteiger partial charge on any atom is 0.123 e. The van der Waals surface area contributed by atoms with E-state index in [1.165, 1.54) is 0 Å². The number of hydrogen-bond donors (Lipinski definition) is 1. The van der Waals surface area contributed by atoms with Crippen LogP contribution in [-0.2, 0) is 0 Å². The lowest BCUT2D eigenvalue weighted by atomic mass is 10.1. The fourth-order valence-corrected chi connectivity index (χ4v) is 0.416. The molecule has 1 rings (SSSR count). The van der Waals surface area contributed by atoms with Crippen LogP contribution in [0.4, 0.5) is 4.39 Å². The monoisotopic (exact) mass is 148 g/mol. The minimum absolute atomic E-state index is 1.07. The average Bonchev–Trinajstić information content (AvgIpc) is 2.22. The largest absolute Gasteiger partial charge is 0.389 e. The number of hydrogen-bond acceptors (Lipinski definition) is 1. The Bertz CT molecular complexity index is 466. The lowest BCUT2D eigenvalue weighted by Crippen LogP contribution is -1.89. The summed E-state index contributed by atoms with van der Waals surface area (Å²) in [6.07, 6.45) is -3.35. The molecular weight excluding hydrogens is 131 g/mol. The van der Waals surface area contributed by atoms with E-state index < -0.39 is 48.5 Å². The van der Waals surface area contributed by atoms with E-state index >= 15 is 0 Å². The highest BCUT2D eigenvalue weighted by atomic mass is 19.1. The van der Waals surface area contributed by atoms with Crippen molar-refractivity contribution in [1.29, 1.82) is 0 Å². The van der Waals surface area contributed by atoms with Gasteiger partial charge in [0.25, 0.3) is 0 Å². The molecule has 1 atom stereocenters. The molecule has 1 unspecified atom stereocenters. The van der Waals surface area contributed by atoms with Crippen LogP contribution < -0.4 is 0 Å². The molecule has 0 aliphatic heterocycles. The average molecular weight is 148 g/mol. The Morgan fingerprint density at radius 2 is 2.30 bits per heavy atom. The van der Waals surface area contributed by atoms with Crippen molar-refractivity contribution < 1.29 is 20.5 Å². The quantitative estimate of drug-likeness (QED) is 0.644. The second-order valence-electron chi connectivity index (χ2n) is 1.54. The highest BCUT2D eigenvalue weighted by Gasteiger charge is 1.98. The van der Waals surface area contributed by atoms with Crippen LogP contribution >= 0.6 is 0 Å². The first-order chi connectivity index (χ1) is 7.93. The second kappa shape index (κ2) is 2.80. The Kier molecular flexibility index (Phi) is 0.572. The molecule has 0 spiro atoms. The molecule has 0 saturated heterocycles. The highest BCUT2D eigenvalue weighted by Crippen LogP contribution is 2.11. The van der Waals surface area contributed by atoms with Gasteiger partial charge in [-0.25, -0.2) is 4.39 Å². The maximum atomic E-state index is 13.2. The second-order valence-corrected chi connectivity index (χ2v) is 1.54. The highest BCUT2D eigenvalue weighted by molar-refractivity contribution is 5.17. The molecule has 1 aromatic carbocycles. The van der Waals surface area contributed by atoms with Crippen molar-refractivity contribution in [2.45, 2.75) is 12.9 Å². The first-order valence-corrected chi connectivity index (χ1v) is 2.41. The summed E-state index contributed by atoms with van der Waals surface area (Å²) < 4.78 is 70.5. The van der Waals surface area contributed by atoms with E-state index in [4.69, 9.17) is 11.0 Å². The summed E-state index contributed by atoms with van der Waals surface area (Å²) in [6, 6.07) is -4.41. The van der Waals surface area contributed by atoms with Crippen molar-refractivity contribution in [3.8, 4) is 0 Å². The molecule has 2 heteroatoms. The SMILES string of the molecule is [2H]c1c([2H])c(C([2H])(O)C([2H])([2H])[2H])c([2H])c([2H])c1F. The third-order valence-electron chi connectivity index (χ3n) is 0.831. The van der Waals surface area contributed by atoms with Gasteiger partial charge in [0.2, 0.25) is 0 Å². The number of benzene rings is 1. The third-order valence-corrected chi connectivity index (χ3v) is 0.831. The molecular formula is C8H9FO. The van der Waals surface area contributed by atoms with Crippen molar-refractivity contribution in [1.82, 2.24) is 0 Å². The third kappa shape index (κ3) is 1.54. The van der Waals surface area contributed by atoms with Gasteiger partial charge >= 0.3 is 0 Å². The predicted octanol–water partition coefficient (Wildman–Crippen LogP) is 1.88. The molecule has 0 bridgehead atoms. The van der Waals surface area contributed by atoms with E-state index in [1.54, 1.807) is 0 Å². The summed E-state index contributed by atoms with van der Waals surface area (Å²) >= 11 is 0. The van der Waals surface area contributed by atoms with Crippen molar-refractivity contribution in [3.05, 3.63) is 35.6 Å². The zero-order chi connectivity index (χ0) is 14.5. The summed E-state index contributed by atoms with van der Waals surface area (Å²) in [7, 11) is 0. The first-order valence-electron chi connectivity index (χ1n) is 6.41. The van der Waals surface area contributed by atoms with Gasteiger partial charge in [0.05, 0.1) is 12.9 Å². The molecule has 0 aromatic heterocycles. The van der Waals surface area contributed by atoms with Gasteiger partial charge < -0.3 is 5.11 Å². The Morgan fingerprint density at radius 3 is 2.80 bits per heavy atom. The Morgan fingerprint density at radius 1 is 1.70 bits per heavy atom. The van der Waals surface area contributed by atoms with E-state index in [9.17, 15) is 9.50 Å². The lowest BCUT2D eigenvalue weighted by molar-refractivity contribution is 0.199. The smallest absolute Gasteiger partial charge is 0.123 e. The van der Waals surface area contributed by atoms with Gasteiger partial charge in [-0.3, -0.25) is 0 Å². The van der Waals surface area contributed by atoms with Gasteiger partial charge in [0.15, 0.2) is 0 Å². The number of aliphatic hydroxyl groups is 1. The molecule has 10 heavy (non-hydrogen) atoms. The Labute approximate surface area is 70.4 Å². The maximum absolute atomic E-state index is 13.2. The van der Waals surface area contributed by atoms with Gasteiger partial charge in [-0.15, -0.1) is 0 Å². The summed E-state index contributed by atoms with van der Waals surface area (Å²) in [5.41, 5.74) is -1.07.